The van der Waals surface area contributed by atoms with Crippen molar-refractivity contribution < 1.29 is 38.1 Å². The number of rotatable bonds is 10. The number of aromatic nitrogens is 3. The number of fused-ring (bicyclic) bond motifs is 1. The van der Waals surface area contributed by atoms with Gasteiger partial charge in [0.25, 0.3) is 0 Å². The summed E-state index contributed by atoms with van der Waals surface area (Å²) in [5, 5.41) is 10.7. The Morgan fingerprint density at radius 1 is 1.08 bits per heavy atom. The summed E-state index contributed by atoms with van der Waals surface area (Å²) in [6.07, 6.45) is 3.23. The van der Waals surface area contributed by atoms with Gasteiger partial charge in [-0.2, -0.15) is 5.10 Å². The number of nitrogens with one attached hydrogen (secondary N) is 2. The Bertz CT molecular complexity index is 1750. The van der Waals surface area contributed by atoms with Crippen LogP contribution in [0.15, 0.2) is 42.7 Å². The number of pyridine rings is 1. The maximum absolute atomic E-state index is 14.5. The molecule has 1 aliphatic heterocycles. The number of hydrogen-bond acceptors (Lipinski definition) is 10. The Hall–Kier alpha value is -4.88. The Morgan fingerprint density at radius 2 is 1.82 bits per heavy atom. The molecule has 14 nitrogen and oxygen atoms in total. The van der Waals surface area contributed by atoms with Crippen LogP contribution in [0.1, 0.15) is 67.7 Å². The summed E-state index contributed by atoms with van der Waals surface area (Å²) in [5.74, 6) is -0.0132. The average Bonchev–Trinajstić information content (AvgIpc) is 3.35. The maximum atomic E-state index is 14.5. The van der Waals surface area contributed by atoms with Gasteiger partial charge in [-0.15, -0.1) is 0 Å². The van der Waals surface area contributed by atoms with Crippen molar-refractivity contribution >= 4 is 34.8 Å². The Labute approximate surface area is 292 Å². The minimum Gasteiger partial charge on any atom is -0.497 e. The zero-order chi connectivity index (χ0) is 36.6. The van der Waals surface area contributed by atoms with Crippen molar-refractivity contribution in [2.75, 3.05) is 20.8 Å². The van der Waals surface area contributed by atoms with Crippen molar-refractivity contribution in [1.82, 2.24) is 30.3 Å². The first-order valence-electron chi connectivity index (χ1n) is 16.9. The lowest BCUT2D eigenvalue weighted by Crippen LogP contribution is -2.59. The number of nitrogens with zero attached hydrogens (tertiary/aromatic N) is 4. The molecule has 2 aromatic heterocycles. The van der Waals surface area contributed by atoms with Crippen LogP contribution in [0.3, 0.4) is 0 Å². The predicted molar refractivity (Wildman–Crippen MR) is 184 cm³/mol. The number of carbonyl (C=O) groups is 4. The molecule has 1 unspecified atom stereocenters. The van der Waals surface area contributed by atoms with Gasteiger partial charge in [0.1, 0.15) is 40.8 Å². The van der Waals surface area contributed by atoms with Crippen LogP contribution in [0.5, 0.6) is 11.5 Å². The lowest BCUT2D eigenvalue weighted by Gasteiger charge is -2.36. The molecule has 3 aromatic rings. The molecule has 0 bridgehead atoms. The first kappa shape index (κ1) is 36.4. The smallest absolute Gasteiger partial charge is 0.408 e. The van der Waals surface area contributed by atoms with Crippen LogP contribution in [0.25, 0.3) is 16.7 Å². The molecule has 1 aromatic carbocycles. The van der Waals surface area contributed by atoms with Crippen molar-refractivity contribution in [2.45, 2.75) is 97.1 Å². The number of hydrogen-bond donors (Lipinski definition) is 2. The maximum Gasteiger partial charge on any atom is 0.408 e. The molecular weight excluding hydrogens is 644 g/mol. The molecule has 1 saturated heterocycles. The normalized spacial score (nSPS) is 22.4. The van der Waals surface area contributed by atoms with E-state index < -0.39 is 58.6 Å². The van der Waals surface area contributed by atoms with Gasteiger partial charge in [0, 0.05) is 36.3 Å². The summed E-state index contributed by atoms with van der Waals surface area (Å²) in [6, 6.07) is 6.89. The third kappa shape index (κ3) is 7.63. The van der Waals surface area contributed by atoms with Crippen LogP contribution < -0.4 is 20.1 Å². The van der Waals surface area contributed by atoms with Gasteiger partial charge >= 0.3 is 12.1 Å². The van der Waals surface area contributed by atoms with Gasteiger partial charge in [-0.25, -0.2) is 19.3 Å². The van der Waals surface area contributed by atoms with Crippen LogP contribution in [0.4, 0.5) is 4.79 Å². The summed E-state index contributed by atoms with van der Waals surface area (Å²) in [7, 11) is 2.86. The van der Waals surface area contributed by atoms with Crippen molar-refractivity contribution in [1.29, 1.82) is 0 Å². The lowest BCUT2D eigenvalue weighted by atomic mass is 9.85. The second kappa shape index (κ2) is 13.8. The minimum atomic E-state index is -1.16. The number of carbonyl (C=O) groups excluding carboxylic acids is 4. The van der Waals surface area contributed by atoms with Gasteiger partial charge in [0.2, 0.25) is 11.8 Å². The average molecular weight is 693 g/mol. The fourth-order valence-electron chi connectivity index (χ4n) is 6.47. The molecule has 14 heteroatoms. The van der Waals surface area contributed by atoms with Crippen LogP contribution >= 0.6 is 0 Å². The molecule has 0 radical (unpaired) electrons. The third-order valence-corrected chi connectivity index (χ3v) is 9.11. The largest absolute Gasteiger partial charge is 0.497 e. The number of alkyl carbamates (subject to hydrolysis) is 1. The number of benzene rings is 1. The summed E-state index contributed by atoms with van der Waals surface area (Å²) in [4.78, 5) is 60.7. The number of likely N-dealkylation sites (tertiary alicyclic amines) is 1. The molecular formula is C36H48N6O8. The summed E-state index contributed by atoms with van der Waals surface area (Å²) < 4.78 is 24.2. The van der Waals surface area contributed by atoms with E-state index in [9.17, 15) is 19.2 Å². The van der Waals surface area contributed by atoms with E-state index in [2.05, 4.69) is 15.7 Å². The van der Waals surface area contributed by atoms with Gasteiger partial charge in [-0.3, -0.25) is 9.59 Å². The minimum absolute atomic E-state index is 0.0268. The molecule has 2 aliphatic rings. The summed E-state index contributed by atoms with van der Waals surface area (Å²) in [5.41, 5.74) is -2.12. The highest BCUT2D eigenvalue weighted by molar-refractivity contribution is 5.96. The summed E-state index contributed by atoms with van der Waals surface area (Å²) in [6.45, 7) is 12.6. The second-order valence-corrected chi connectivity index (χ2v) is 15.0. The van der Waals surface area contributed by atoms with Crippen molar-refractivity contribution in [3.05, 3.63) is 42.7 Å². The zero-order valence-electron chi connectivity index (χ0n) is 30.2. The second-order valence-electron chi connectivity index (χ2n) is 15.0. The summed E-state index contributed by atoms with van der Waals surface area (Å²) >= 11 is 0. The van der Waals surface area contributed by atoms with Crippen LogP contribution in [-0.4, -0.2) is 93.6 Å². The van der Waals surface area contributed by atoms with E-state index in [0.29, 0.717) is 41.1 Å². The highest BCUT2D eigenvalue weighted by atomic mass is 16.6. The molecule has 1 aliphatic carbocycles. The Morgan fingerprint density at radius 3 is 2.40 bits per heavy atom. The van der Waals surface area contributed by atoms with Gasteiger partial charge in [-0.05, 0) is 56.7 Å². The first-order chi connectivity index (χ1) is 23.5. The number of methoxy groups -OCH3 is 2. The molecule has 3 heterocycles. The van der Waals surface area contributed by atoms with E-state index in [1.54, 1.807) is 69.2 Å². The monoisotopic (exact) mass is 692 g/mol. The Balaban J connectivity index is 1.50. The predicted octanol–water partition coefficient (Wildman–Crippen LogP) is 4.17. The van der Waals surface area contributed by atoms with Gasteiger partial charge in [-0.1, -0.05) is 34.1 Å². The molecule has 0 spiro atoms. The number of amides is 3. The first-order valence-corrected chi connectivity index (χ1v) is 16.9. The fraction of sp³-hybridized carbons (Fsp3) is 0.556. The van der Waals surface area contributed by atoms with Crippen LogP contribution in [0, 0.1) is 11.3 Å². The third-order valence-electron chi connectivity index (χ3n) is 9.11. The molecule has 2 fully saturated rings. The molecule has 5 atom stereocenters. The topological polar surface area (TPSA) is 163 Å². The van der Waals surface area contributed by atoms with E-state index in [0.717, 1.165) is 0 Å². The van der Waals surface area contributed by atoms with E-state index in [4.69, 9.17) is 23.9 Å². The van der Waals surface area contributed by atoms with E-state index >= 15 is 0 Å². The van der Waals surface area contributed by atoms with E-state index in [1.807, 2.05) is 33.8 Å². The molecule has 5 rings (SSSR count). The number of esters is 1. The fourth-order valence-corrected chi connectivity index (χ4v) is 6.47. The van der Waals surface area contributed by atoms with Gasteiger partial charge < -0.3 is 34.5 Å². The SMILES string of the molecule is CC[C@@H]1C[C@]1(NC(=O)[C@@H]1C[C@@H](Oc2cc(-n3cccn3)nc3cc(OC)ccc23)CN1C(=O)C(NC(=O)OC(C)(C)C)C(C)(C)C)C(=O)OC. The standard InChI is InChI=1S/C36H48N6O8/c1-10-21-19-36(21,32(45)48-9)40-30(43)26-17-23(20-41(26)31(44)29(34(2,3)4)39-33(46)50-35(5,6)7)49-27-18-28(42-15-11-14-37-42)38-25-16-22(47-8)12-13-24(25)27/h11-16,18,21,23,26,29H,10,17,19-20H2,1-9H3,(H,39,46)(H,40,43)/t21-,23-,26+,29?,36-/m1/s1. The molecule has 3 amide bonds. The quantitative estimate of drug-likeness (QED) is 0.295. The molecule has 1 saturated carbocycles. The lowest BCUT2D eigenvalue weighted by molar-refractivity contribution is -0.148. The Kier molecular flexibility index (Phi) is 10.0. The van der Waals surface area contributed by atoms with Crippen molar-refractivity contribution in [3.8, 4) is 17.3 Å². The van der Waals surface area contributed by atoms with Gasteiger partial charge in [0.15, 0.2) is 5.82 Å². The number of ether oxygens (including phenoxy) is 4. The van der Waals surface area contributed by atoms with E-state index in [-0.39, 0.29) is 18.9 Å². The molecule has 270 valence electrons. The zero-order valence-corrected chi connectivity index (χ0v) is 30.2. The van der Waals surface area contributed by atoms with Crippen LogP contribution in [-0.2, 0) is 23.9 Å². The van der Waals surface area contributed by atoms with E-state index in [1.165, 1.54) is 12.0 Å². The van der Waals surface area contributed by atoms with Crippen LogP contribution in [0.2, 0.25) is 0 Å². The highest BCUT2D eigenvalue weighted by Gasteiger charge is 2.62. The molecule has 2 N–H and O–H groups in total. The van der Waals surface area contributed by atoms with Crippen molar-refractivity contribution in [2.24, 2.45) is 11.3 Å². The molecule has 50 heavy (non-hydrogen) atoms. The van der Waals surface area contributed by atoms with Gasteiger partial charge in [0.05, 0.1) is 26.3 Å². The van der Waals surface area contributed by atoms with Crippen molar-refractivity contribution in [3.63, 3.8) is 0 Å². The highest BCUT2D eigenvalue weighted by Crippen LogP contribution is 2.47.